The van der Waals surface area contributed by atoms with E-state index in [0.29, 0.717) is 5.46 Å². The van der Waals surface area contributed by atoms with Crippen molar-refractivity contribution in [1.29, 1.82) is 0 Å². The molecule has 2 heterocycles. The van der Waals surface area contributed by atoms with Crippen molar-refractivity contribution in [3.05, 3.63) is 42.0 Å². The number of hydrogen-bond donors (Lipinski definition) is 0. The maximum Gasteiger partial charge on any atom is 0.494 e. The van der Waals surface area contributed by atoms with Crippen molar-refractivity contribution in [2.45, 2.75) is 45.8 Å². The Hall–Kier alpha value is -1.99. The van der Waals surface area contributed by atoms with E-state index in [-0.39, 0.29) is 11.8 Å². The van der Waals surface area contributed by atoms with Crippen molar-refractivity contribution >= 4 is 12.6 Å². The summed E-state index contributed by atoms with van der Waals surface area (Å²) in [6, 6.07) is 6.45. The first-order chi connectivity index (χ1) is 11.2. The zero-order valence-corrected chi connectivity index (χ0v) is 14.5. The Balaban J connectivity index is 1.81. The predicted molar refractivity (Wildman–Crippen MR) is 89.0 cm³/mol. The summed E-state index contributed by atoms with van der Waals surface area (Å²) in [7, 11) is -0.617. The second-order valence-corrected chi connectivity index (χ2v) is 6.86. The van der Waals surface area contributed by atoms with Crippen LogP contribution in [0.4, 0.5) is 4.39 Å². The molecule has 0 amide bonds. The average Bonchev–Trinajstić information content (AvgIpc) is 2.70. The van der Waals surface area contributed by atoms with Crippen LogP contribution >= 0.6 is 0 Å². The number of aromatic nitrogens is 2. The van der Waals surface area contributed by atoms with Crippen LogP contribution < -0.4 is 10.2 Å². The standard InChI is InChI=1S/C17H20BFN2O3/c1-11-8-9-20-15(21-11)22-14-7-6-12(10-13(14)19)18-23-16(2,3)17(4,5)24-18/h6-10H,1-5H3. The van der Waals surface area contributed by atoms with Gasteiger partial charge in [-0.05, 0) is 58.3 Å². The Kier molecular flexibility index (Phi) is 4.09. The van der Waals surface area contributed by atoms with Crippen LogP contribution in [0.3, 0.4) is 0 Å². The second kappa shape index (κ2) is 5.83. The van der Waals surface area contributed by atoms with Crippen molar-refractivity contribution in [2.75, 3.05) is 0 Å². The SMILES string of the molecule is Cc1ccnc(Oc2ccc(B3OC(C)(C)C(C)(C)O3)cc2F)n1. The van der Waals surface area contributed by atoms with Crippen LogP contribution in [0.25, 0.3) is 0 Å². The highest BCUT2D eigenvalue weighted by atomic mass is 19.1. The monoisotopic (exact) mass is 330 g/mol. The molecule has 1 aliphatic heterocycles. The number of halogens is 1. The van der Waals surface area contributed by atoms with Crippen molar-refractivity contribution in [3.8, 4) is 11.8 Å². The van der Waals surface area contributed by atoms with E-state index in [1.165, 1.54) is 12.1 Å². The Labute approximate surface area is 141 Å². The van der Waals surface area contributed by atoms with Gasteiger partial charge >= 0.3 is 13.1 Å². The fourth-order valence-corrected chi connectivity index (χ4v) is 2.30. The highest BCUT2D eigenvalue weighted by Gasteiger charge is 2.51. The maximum absolute atomic E-state index is 14.4. The molecule has 2 aromatic rings. The fourth-order valence-electron chi connectivity index (χ4n) is 2.30. The molecule has 1 fully saturated rings. The molecule has 1 saturated heterocycles. The van der Waals surface area contributed by atoms with Crippen LogP contribution in [0.15, 0.2) is 30.5 Å². The van der Waals surface area contributed by atoms with Crippen LogP contribution in [0.5, 0.6) is 11.8 Å². The minimum Gasteiger partial charge on any atom is -0.421 e. The lowest BCUT2D eigenvalue weighted by molar-refractivity contribution is 0.00578. The topological polar surface area (TPSA) is 53.5 Å². The molecule has 1 aliphatic rings. The molecule has 0 unspecified atom stereocenters. The molecule has 24 heavy (non-hydrogen) atoms. The molecule has 5 nitrogen and oxygen atoms in total. The number of nitrogens with zero attached hydrogens (tertiary/aromatic N) is 2. The number of ether oxygens (including phenoxy) is 1. The van der Waals surface area contributed by atoms with E-state index in [9.17, 15) is 4.39 Å². The van der Waals surface area contributed by atoms with Gasteiger partial charge in [-0.3, -0.25) is 0 Å². The van der Waals surface area contributed by atoms with Crippen molar-refractivity contribution in [3.63, 3.8) is 0 Å². The molecule has 7 heteroatoms. The molecule has 1 aromatic heterocycles. The largest absolute Gasteiger partial charge is 0.494 e. The van der Waals surface area contributed by atoms with Crippen LogP contribution in [0.2, 0.25) is 0 Å². The van der Waals surface area contributed by atoms with Crippen LogP contribution in [0, 0.1) is 12.7 Å². The first-order valence-electron chi connectivity index (χ1n) is 7.80. The number of aryl methyl sites for hydroxylation is 1. The van der Waals surface area contributed by atoms with Crippen molar-refractivity contribution < 1.29 is 18.4 Å². The molecule has 0 N–H and O–H groups in total. The highest BCUT2D eigenvalue weighted by Crippen LogP contribution is 2.36. The van der Waals surface area contributed by atoms with E-state index in [4.69, 9.17) is 14.0 Å². The highest BCUT2D eigenvalue weighted by molar-refractivity contribution is 6.62. The quantitative estimate of drug-likeness (QED) is 0.810. The van der Waals surface area contributed by atoms with E-state index < -0.39 is 24.1 Å². The van der Waals surface area contributed by atoms with Gasteiger partial charge in [0.15, 0.2) is 11.6 Å². The molecule has 3 rings (SSSR count). The molecule has 1 aromatic carbocycles. The van der Waals surface area contributed by atoms with Gasteiger partial charge in [-0.15, -0.1) is 0 Å². The van der Waals surface area contributed by atoms with Gasteiger partial charge in [0.05, 0.1) is 11.2 Å². The third kappa shape index (κ3) is 3.14. The molecule has 0 spiro atoms. The predicted octanol–water partition coefficient (Wildman–Crippen LogP) is 3.02. The smallest absolute Gasteiger partial charge is 0.421 e. The first-order valence-corrected chi connectivity index (χ1v) is 7.80. The zero-order valence-electron chi connectivity index (χ0n) is 14.5. The molecule has 0 bridgehead atoms. The summed E-state index contributed by atoms with van der Waals surface area (Å²) in [6.07, 6.45) is 1.56. The lowest BCUT2D eigenvalue weighted by atomic mass is 9.79. The van der Waals surface area contributed by atoms with Crippen LogP contribution in [-0.4, -0.2) is 28.3 Å². The molecule has 0 saturated carbocycles. The van der Waals surface area contributed by atoms with E-state index in [0.717, 1.165) is 5.69 Å². The zero-order chi connectivity index (χ0) is 17.5. The van der Waals surface area contributed by atoms with Crippen molar-refractivity contribution in [2.24, 2.45) is 0 Å². The number of benzene rings is 1. The molecule has 0 atom stereocenters. The lowest BCUT2D eigenvalue weighted by Gasteiger charge is -2.32. The maximum atomic E-state index is 14.4. The molecule has 0 radical (unpaired) electrons. The van der Waals surface area contributed by atoms with Gasteiger partial charge in [0.25, 0.3) is 0 Å². The van der Waals surface area contributed by atoms with E-state index in [1.807, 2.05) is 34.6 Å². The summed E-state index contributed by atoms with van der Waals surface area (Å²) < 4.78 is 31.6. The molecular formula is C17H20BFN2O3. The minimum atomic E-state index is -0.617. The van der Waals surface area contributed by atoms with Crippen LogP contribution in [-0.2, 0) is 9.31 Å². The third-order valence-electron chi connectivity index (χ3n) is 4.46. The Morgan fingerprint density at radius 3 is 2.33 bits per heavy atom. The van der Waals surface area contributed by atoms with E-state index in [2.05, 4.69) is 9.97 Å². The van der Waals surface area contributed by atoms with E-state index >= 15 is 0 Å². The van der Waals surface area contributed by atoms with Crippen LogP contribution in [0.1, 0.15) is 33.4 Å². The van der Waals surface area contributed by atoms with E-state index in [1.54, 1.807) is 18.3 Å². The average molecular weight is 330 g/mol. The second-order valence-electron chi connectivity index (χ2n) is 6.86. The van der Waals surface area contributed by atoms with Crippen molar-refractivity contribution in [1.82, 2.24) is 9.97 Å². The van der Waals surface area contributed by atoms with Gasteiger partial charge in [-0.2, -0.15) is 0 Å². The number of hydrogen-bond acceptors (Lipinski definition) is 5. The Morgan fingerprint density at radius 2 is 1.75 bits per heavy atom. The number of rotatable bonds is 3. The van der Waals surface area contributed by atoms with Gasteiger partial charge in [0.2, 0.25) is 0 Å². The normalized spacial score (nSPS) is 18.7. The Bertz CT molecular complexity index is 751. The minimum absolute atomic E-state index is 0.0564. The Morgan fingerprint density at radius 1 is 1.08 bits per heavy atom. The van der Waals surface area contributed by atoms with Gasteiger partial charge in [0, 0.05) is 11.9 Å². The summed E-state index contributed by atoms with van der Waals surface area (Å²) in [4.78, 5) is 8.06. The molecule has 126 valence electrons. The fraction of sp³-hybridized carbons (Fsp3) is 0.412. The van der Waals surface area contributed by atoms with Gasteiger partial charge < -0.3 is 14.0 Å². The lowest BCUT2D eigenvalue weighted by Crippen LogP contribution is -2.41. The van der Waals surface area contributed by atoms with Gasteiger partial charge in [-0.25, -0.2) is 14.4 Å². The summed E-state index contributed by atoms with van der Waals surface area (Å²) in [5, 5.41) is 0. The molecule has 0 aliphatic carbocycles. The summed E-state index contributed by atoms with van der Waals surface area (Å²) in [6.45, 7) is 9.63. The first kappa shape index (κ1) is 16.9. The third-order valence-corrected chi connectivity index (χ3v) is 4.46. The molecular weight excluding hydrogens is 310 g/mol. The summed E-state index contributed by atoms with van der Waals surface area (Å²) >= 11 is 0. The van der Waals surface area contributed by atoms with Gasteiger partial charge in [-0.1, -0.05) is 6.07 Å². The summed E-state index contributed by atoms with van der Waals surface area (Å²) in [5.74, 6) is -0.465. The summed E-state index contributed by atoms with van der Waals surface area (Å²) in [5.41, 5.74) is 0.398. The van der Waals surface area contributed by atoms with Gasteiger partial charge in [0.1, 0.15) is 0 Å².